The van der Waals surface area contributed by atoms with E-state index < -0.39 is 30.4 Å². The Bertz CT molecular complexity index is 1680. The molecule has 0 spiro atoms. The van der Waals surface area contributed by atoms with E-state index in [1.54, 1.807) is 42.5 Å². The quantitative estimate of drug-likeness (QED) is 0.159. The number of carbonyl (C=O) groups excluding carboxylic acids is 1. The third kappa shape index (κ3) is 9.01. The monoisotopic (exact) mass is 619 g/mol. The normalized spacial score (nSPS) is 12.4. The van der Waals surface area contributed by atoms with Gasteiger partial charge >= 0.3 is 35.5 Å². The number of amides is 1. The SMILES string of the molecule is CC(C)n1c(C=C[C@@H](O)C[C@@H](O)CC(=O)O)c(-c2ccc(F)cc2)c(-c2ccccc2)c1C(=O)NCc1ccc(C#N)cc1.[NaH]. The van der Waals surface area contributed by atoms with E-state index >= 15 is 0 Å². The van der Waals surface area contributed by atoms with E-state index in [2.05, 4.69) is 11.4 Å². The van der Waals surface area contributed by atoms with Crippen molar-refractivity contribution in [2.75, 3.05) is 0 Å². The van der Waals surface area contributed by atoms with Crippen molar-refractivity contribution in [3.05, 3.63) is 113 Å². The van der Waals surface area contributed by atoms with Crippen LogP contribution in [0.5, 0.6) is 0 Å². The van der Waals surface area contributed by atoms with Gasteiger partial charge in [0.2, 0.25) is 0 Å². The van der Waals surface area contributed by atoms with Crippen LogP contribution in [0, 0.1) is 17.1 Å². The zero-order valence-corrected chi connectivity index (χ0v) is 24.4. The number of aliphatic hydroxyl groups excluding tert-OH is 2. The number of carbonyl (C=O) groups is 2. The number of nitrogens with zero attached hydrogens (tertiary/aromatic N) is 2. The second kappa shape index (κ2) is 16.3. The van der Waals surface area contributed by atoms with E-state index in [4.69, 9.17) is 10.4 Å². The molecule has 1 amide bonds. The molecule has 10 heteroatoms. The van der Waals surface area contributed by atoms with Gasteiger partial charge in [0, 0.05) is 35.8 Å². The molecular formula is C35H35FN3NaO5. The van der Waals surface area contributed by atoms with Crippen LogP contribution in [0.25, 0.3) is 28.3 Å². The summed E-state index contributed by atoms with van der Waals surface area (Å²) in [5.74, 6) is -1.95. The molecule has 4 rings (SSSR count). The van der Waals surface area contributed by atoms with E-state index in [9.17, 15) is 24.2 Å². The van der Waals surface area contributed by atoms with Gasteiger partial charge in [-0.25, -0.2) is 4.39 Å². The first kappa shape index (κ1) is 35.4. The van der Waals surface area contributed by atoms with Crippen molar-refractivity contribution in [1.29, 1.82) is 5.26 Å². The van der Waals surface area contributed by atoms with E-state index in [0.29, 0.717) is 33.6 Å². The Labute approximate surface area is 283 Å². The average Bonchev–Trinajstić information content (AvgIpc) is 3.35. The molecular weight excluding hydrogens is 584 g/mol. The van der Waals surface area contributed by atoms with Crippen molar-refractivity contribution >= 4 is 47.5 Å². The van der Waals surface area contributed by atoms with Crippen molar-refractivity contribution in [3.8, 4) is 28.3 Å². The van der Waals surface area contributed by atoms with Crippen LogP contribution in [0.3, 0.4) is 0 Å². The minimum atomic E-state index is -1.25. The first-order valence-electron chi connectivity index (χ1n) is 14.2. The molecule has 4 aromatic rings. The molecule has 3 aromatic carbocycles. The summed E-state index contributed by atoms with van der Waals surface area (Å²) in [7, 11) is 0. The van der Waals surface area contributed by atoms with Gasteiger partial charge in [-0.2, -0.15) is 5.26 Å². The Balaban J connectivity index is 0.00000552. The van der Waals surface area contributed by atoms with Crippen molar-refractivity contribution in [2.24, 2.45) is 0 Å². The van der Waals surface area contributed by atoms with Gasteiger partial charge in [-0.3, -0.25) is 9.59 Å². The van der Waals surface area contributed by atoms with Gasteiger partial charge in [0.05, 0.1) is 30.3 Å². The van der Waals surface area contributed by atoms with Gasteiger partial charge in [0.1, 0.15) is 11.5 Å². The van der Waals surface area contributed by atoms with Gasteiger partial charge < -0.3 is 25.2 Å². The topological polar surface area (TPSA) is 136 Å². The Kier molecular flexibility index (Phi) is 12.9. The first-order chi connectivity index (χ1) is 21.1. The maximum absolute atomic E-state index is 14.1. The number of nitrogens with one attached hydrogen (secondary N) is 1. The second-order valence-corrected chi connectivity index (χ2v) is 10.7. The summed E-state index contributed by atoms with van der Waals surface area (Å²) < 4.78 is 15.9. The Morgan fingerprint density at radius 2 is 1.58 bits per heavy atom. The summed E-state index contributed by atoms with van der Waals surface area (Å²) in [5.41, 5.74) is 4.90. The molecule has 0 bridgehead atoms. The molecule has 0 fully saturated rings. The van der Waals surface area contributed by atoms with E-state index in [1.165, 1.54) is 18.2 Å². The van der Waals surface area contributed by atoms with Crippen molar-refractivity contribution in [1.82, 2.24) is 9.88 Å². The van der Waals surface area contributed by atoms with Crippen LogP contribution in [-0.2, 0) is 11.3 Å². The third-order valence-electron chi connectivity index (χ3n) is 7.11. The Morgan fingerprint density at radius 3 is 2.16 bits per heavy atom. The molecule has 0 aliphatic heterocycles. The number of aliphatic carboxylic acids is 1. The minimum absolute atomic E-state index is 0. The molecule has 2 atom stereocenters. The second-order valence-electron chi connectivity index (χ2n) is 10.7. The van der Waals surface area contributed by atoms with Gasteiger partial charge in [-0.15, -0.1) is 0 Å². The van der Waals surface area contributed by atoms with Crippen molar-refractivity contribution < 1.29 is 29.3 Å². The summed E-state index contributed by atoms with van der Waals surface area (Å²) in [6.45, 7) is 4.05. The number of carboxylic acid groups (broad SMARTS) is 1. The molecule has 0 aliphatic carbocycles. The van der Waals surface area contributed by atoms with Crippen LogP contribution in [0.2, 0.25) is 0 Å². The Morgan fingerprint density at radius 1 is 0.956 bits per heavy atom. The molecule has 0 aliphatic rings. The van der Waals surface area contributed by atoms with Gasteiger partial charge in [-0.1, -0.05) is 60.7 Å². The molecule has 0 unspecified atom stereocenters. The van der Waals surface area contributed by atoms with Gasteiger partial charge in [0.25, 0.3) is 5.91 Å². The molecule has 0 saturated heterocycles. The molecule has 1 aromatic heterocycles. The van der Waals surface area contributed by atoms with E-state index in [0.717, 1.165) is 11.1 Å². The van der Waals surface area contributed by atoms with Crippen molar-refractivity contribution in [2.45, 2.75) is 51.5 Å². The molecule has 0 radical (unpaired) electrons. The van der Waals surface area contributed by atoms with Gasteiger partial charge in [0.15, 0.2) is 0 Å². The number of rotatable bonds is 12. The van der Waals surface area contributed by atoms with E-state index in [1.807, 2.05) is 48.7 Å². The number of halogens is 1. The van der Waals surface area contributed by atoms with Crippen molar-refractivity contribution in [3.63, 3.8) is 0 Å². The summed E-state index contributed by atoms with van der Waals surface area (Å²) >= 11 is 0. The number of hydrogen-bond acceptors (Lipinski definition) is 5. The van der Waals surface area contributed by atoms with Crippen LogP contribution in [-0.4, -0.2) is 73.5 Å². The standard InChI is InChI=1S/C35H34FN3O5.Na.H/c1-22(2)39-30(17-16-28(40)18-29(41)19-31(42)43)32(26-12-14-27(36)15-13-26)33(25-6-4-3-5-7-25)34(39)35(44)38-21-24-10-8-23(20-37)9-11-24;;/h3-17,22,28-29,40-41H,18-19,21H2,1-2H3,(H,38,44)(H,42,43);;/t28-,29-;;/m1../s1. The summed E-state index contributed by atoms with van der Waals surface area (Å²) in [6, 6.07) is 24.0. The number of carboxylic acids is 1. The molecule has 4 N–H and O–H groups in total. The zero-order chi connectivity index (χ0) is 31.8. The number of aliphatic hydroxyl groups is 2. The van der Waals surface area contributed by atoms with Crippen LogP contribution in [0.4, 0.5) is 4.39 Å². The number of hydrogen-bond donors (Lipinski definition) is 4. The summed E-state index contributed by atoms with van der Waals surface area (Å²) in [4.78, 5) is 25.1. The predicted octanol–water partition coefficient (Wildman–Crippen LogP) is 5.30. The predicted molar refractivity (Wildman–Crippen MR) is 173 cm³/mol. The average molecular weight is 620 g/mol. The fourth-order valence-electron chi connectivity index (χ4n) is 5.13. The van der Waals surface area contributed by atoms with Crippen LogP contribution in [0.1, 0.15) is 60.0 Å². The molecule has 8 nitrogen and oxygen atoms in total. The van der Waals surface area contributed by atoms with Crippen LogP contribution >= 0.6 is 0 Å². The number of benzene rings is 3. The fraction of sp³-hybridized carbons (Fsp3) is 0.229. The van der Waals surface area contributed by atoms with E-state index in [-0.39, 0.29) is 54.5 Å². The summed E-state index contributed by atoms with van der Waals surface area (Å²) in [6.07, 6.45) is -0.00452. The zero-order valence-electron chi connectivity index (χ0n) is 24.4. The molecule has 45 heavy (non-hydrogen) atoms. The summed E-state index contributed by atoms with van der Waals surface area (Å²) in [5, 5.41) is 41.8. The number of aromatic nitrogens is 1. The van der Waals surface area contributed by atoms with Gasteiger partial charge in [-0.05, 0) is 60.9 Å². The van der Waals surface area contributed by atoms with Crippen LogP contribution < -0.4 is 5.32 Å². The molecule has 228 valence electrons. The Hall–Kier alpha value is -4.04. The maximum atomic E-state index is 14.1. The first-order valence-corrected chi connectivity index (χ1v) is 14.2. The fourth-order valence-corrected chi connectivity index (χ4v) is 5.13. The number of nitriles is 1. The molecule has 0 saturated carbocycles. The third-order valence-corrected chi connectivity index (χ3v) is 7.11. The van der Waals surface area contributed by atoms with Crippen LogP contribution in [0.15, 0.2) is 84.9 Å². The molecule has 1 heterocycles.